The lowest BCUT2D eigenvalue weighted by molar-refractivity contribution is -0.384. The maximum Gasteiger partial charge on any atom is 0.269 e. The van der Waals surface area contributed by atoms with E-state index in [4.69, 9.17) is 21.1 Å². The number of anilines is 1. The lowest BCUT2D eigenvalue weighted by Gasteiger charge is -2.14. The summed E-state index contributed by atoms with van der Waals surface area (Å²) in [6.07, 6.45) is 0. The average molecular weight is 416 g/mol. The molecule has 27 heavy (non-hydrogen) atoms. The number of ether oxygens (including phenoxy) is 2. The minimum atomic E-state index is -0.415. The normalized spacial score (nSPS) is 10.0. The van der Waals surface area contributed by atoms with Gasteiger partial charge >= 0.3 is 0 Å². The van der Waals surface area contributed by atoms with E-state index in [9.17, 15) is 10.1 Å². The lowest BCUT2D eigenvalue weighted by Crippen LogP contribution is -2.21. The van der Waals surface area contributed by atoms with Gasteiger partial charge in [-0.3, -0.25) is 10.1 Å². The number of rotatable bonds is 10. The minimum absolute atomic E-state index is 0. The van der Waals surface area contributed by atoms with E-state index < -0.39 is 4.92 Å². The smallest absolute Gasteiger partial charge is 0.269 e. The van der Waals surface area contributed by atoms with Gasteiger partial charge in [-0.1, -0.05) is 11.6 Å². The van der Waals surface area contributed by atoms with Crippen molar-refractivity contribution in [3.63, 3.8) is 0 Å². The summed E-state index contributed by atoms with van der Waals surface area (Å²) in [5.41, 5.74) is 1.91. The number of nitro groups is 1. The van der Waals surface area contributed by atoms with Gasteiger partial charge in [0, 0.05) is 37.5 Å². The zero-order chi connectivity index (χ0) is 18.9. The Labute approximate surface area is 169 Å². The fourth-order valence-electron chi connectivity index (χ4n) is 2.39. The average Bonchev–Trinajstić information content (AvgIpc) is 2.63. The van der Waals surface area contributed by atoms with Crippen molar-refractivity contribution in [3.8, 4) is 11.5 Å². The van der Waals surface area contributed by atoms with E-state index in [1.54, 1.807) is 19.2 Å². The molecule has 2 aromatic rings. The highest BCUT2D eigenvalue weighted by atomic mass is 35.5. The van der Waals surface area contributed by atoms with Gasteiger partial charge in [0.1, 0.15) is 0 Å². The van der Waals surface area contributed by atoms with Crippen LogP contribution in [0, 0.1) is 10.1 Å². The van der Waals surface area contributed by atoms with E-state index in [0.29, 0.717) is 42.8 Å². The van der Waals surface area contributed by atoms with Gasteiger partial charge in [0.15, 0.2) is 11.5 Å². The van der Waals surface area contributed by atoms with Crippen LogP contribution in [0.15, 0.2) is 36.4 Å². The zero-order valence-electron chi connectivity index (χ0n) is 15.2. The Hall–Kier alpha value is -2.22. The van der Waals surface area contributed by atoms with Crippen LogP contribution in [-0.4, -0.2) is 31.7 Å². The molecule has 0 amide bonds. The molecular weight excluding hydrogens is 393 g/mol. The molecule has 9 heteroatoms. The molecule has 0 saturated carbocycles. The molecule has 0 heterocycles. The van der Waals surface area contributed by atoms with Crippen molar-refractivity contribution in [2.45, 2.75) is 13.5 Å². The standard InChI is InChI=1S/C18H22ClN3O4.ClH/c1-3-26-18-16(19)10-13(11-17(18)25-2)12-20-8-9-21-14-4-6-15(7-5-14)22(23)24;/h4-7,10-11,20-21H,3,8-9,12H2,1-2H3;1H. The van der Waals surface area contributed by atoms with Crippen LogP contribution in [0.4, 0.5) is 11.4 Å². The van der Waals surface area contributed by atoms with Crippen molar-refractivity contribution >= 4 is 35.4 Å². The zero-order valence-corrected chi connectivity index (χ0v) is 16.7. The van der Waals surface area contributed by atoms with Crippen molar-refractivity contribution in [1.29, 1.82) is 0 Å². The minimum Gasteiger partial charge on any atom is -0.493 e. The summed E-state index contributed by atoms with van der Waals surface area (Å²) < 4.78 is 10.8. The Morgan fingerprint density at radius 1 is 1.19 bits per heavy atom. The predicted octanol–water partition coefficient (Wildman–Crippen LogP) is 4.28. The first kappa shape index (κ1) is 22.8. The van der Waals surface area contributed by atoms with E-state index in [-0.39, 0.29) is 18.1 Å². The second kappa shape index (κ2) is 11.5. The monoisotopic (exact) mass is 415 g/mol. The lowest BCUT2D eigenvalue weighted by atomic mass is 10.2. The molecule has 0 spiro atoms. The Morgan fingerprint density at radius 3 is 2.48 bits per heavy atom. The molecule has 7 nitrogen and oxygen atoms in total. The van der Waals surface area contributed by atoms with Crippen LogP contribution in [0.25, 0.3) is 0 Å². The van der Waals surface area contributed by atoms with Gasteiger partial charge in [0.2, 0.25) is 0 Å². The Bertz CT molecular complexity index is 742. The largest absolute Gasteiger partial charge is 0.493 e. The number of benzene rings is 2. The Balaban J connectivity index is 0.00000364. The molecule has 2 aromatic carbocycles. The van der Waals surface area contributed by atoms with Gasteiger partial charge in [-0.05, 0) is 36.8 Å². The number of nitro benzene ring substituents is 1. The molecule has 0 bridgehead atoms. The summed E-state index contributed by atoms with van der Waals surface area (Å²) in [6, 6.07) is 10.1. The van der Waals surface area contributed by atoms with E-state index in [1.165, 1.54) is 12.1 Å². The van der Waals surface area contributed by atoms with Gasteiger partial charge < -0.3 is 20.1 Å². The second-order valence-electron chi connectivity index (χ2n) is 5.45. The van der Waals surface area contributed by atoms with Gasteiger partial charge in [0.05, 0.1) is 23.7 Å². The Morgan fingerprint density at radius 2 is 1.89 bits per heavy atom. The fourth-order valence-corrected chi connectivity index (χ4v) is 2.68. The molecule has 0 aliphatic rings. The molecule has 148 valence electrons. The summed E-state index contributed by atoms with van der Waals surface area (Å²) >= 11 is 6.25. The van der Waals surface area contributed by atoms with Crippen molar-refractivity contribution in [3.05, 3.63) is 57.1 Å². The number of hydrogen-bond acceptors (Lipinski definition) is 6. The summed E-state index contributed by atoms with van der Waals surface area (Å²) in [4.78, 5) is 10.2. The molecule has 0 radical (unpaired) electrons. The van der Waals surface area contributed by atoms with Crippen LogP contribution < -0.4 is 20.1 Å². The van der Waals surface area contributed by atoms with E-state index in [0.717, 1.165) is 11.3 Å². The maximum absolute atomic E-state index is 10.6. The van der Waals surface area contributed by atoms with Gasteiger partial charge in [-0.2, -0.15) is 0 Å². The van der Waals surface area contributed by atoms with E-state index in [1.807, 2.05) is 19.1 Å². The molecular formula is C18H23Cl2N3O4. The van der Waals surface area contributed by atoms with Crippen LogP contribution in [0.3, 0.4) is 0 Å². The maximum atomic E-state index is 10.6. The quantitative estimate of drug-likeness (QED) is 0.342. The third-order valence-corrected chi connectivity index (χ3v) is 3.90. The van der Waals surface area contributed by atoms with Crippen LogP contribution in [-0.2, 0) is 6.54 Å². The molecule has 0 unspecified atom stereocenters. The number of non-ortho nitro benzene ring substituents is 1. The summed E-state index contributed by atoms with van der Waals surface area (Å²) in [6.45, 7) is 4.43. The third-order valence-electron chi connectivity index (χ3n) is 3.62. The number of halogens is 2. The van der Waals surface area contributed by atoms with Gasteiger partial charge in [0.25, 0.3) is 5.69 Å². The molecule has 0 saturated heterocycles. The molecule has 0 atom stereocenters. The van der Waals surface area contributed by atoms with Crippen molar-refractivity contribution < 1.29 is 14.4 Å². The summed E-state index contributed by atoms with van der Waals surface area (Å²) in [7, 11) is 1.58. The van der Waals surface area contributed by atoms with E-state index >= 15 is 0 Å². The number of hydrogen-bond donors (Lipinski definition) is 2. The molecule has 0 aliphatic carbocycles. The second-order valence-corrected chi connectivity index (χ2v) is 5.86. The fraction of sp³-hybridized carbons (Fsp3) is 0.333. The van der Waals surface area contributed by atoms with Crippen LogP contribution in [0.1, 0.15) is 12.5 Å². The first-order valence-electron chi connectivity index (χ1n) is 8.23. The molecule has 0 aromatic heterocycles. The first-order chi connectivity index (χ1) is 12.5. The van der Waals surface area contributed by atoms with Crippen molar-refractivity contribution in [2.24, 2.45) is 0 Å². The SMILES string of the molecule is CCOc1c(Cl)cc(CNCCNc2ccc([N+](=O)[O-])cc2)cc1OC.Cl. The van der Waals surface area contributed by atoms with Crippen molar-refractivity contribution in [1.82, 2.24) is 5.32 Å². The topological polar surface area (TPSA) is 85.7 Å². The highest BCUT2D eigenvalue weighted by molar-refractivity contribution is 6.32. The van der Waals surface area contributed by atoms with Crippen molar-refractivity contribution in [2.75, 3.05) is 32.1 Å². The number of nitrogens with zero attached hydrogens (tertiary/aromatic N) is 1. The highest BCUT2D eigenvalue weighted by Gasteiger charge is 2.11. The molecule has 2 N–H and O–H groups in total. The summed E-state index contributed by atoms with van der Waals surface area (Å²) in [5, 5.41) is 17.6. The molecule has 0 fully saturated rings. The van der Waals surface area contributed by atoms with E-state index in [2.05, 4.69) is 10.6 Å². The first-order valence-corrected chi connectivity index (χ1v) is 8.61. The van der Waals surface area contributed by atoms with Crippen LogP contribution >= 0.6 is 24.0 Å². The number of nitrogens with one attached hydrogen (secondary N) is 2. The Kier molecular flexibility index (Phi) is 9.71. The van der Waals surface area contributed by atoms with Gasteiger partial charge in [-0.15, -0.1) is 12.4 Å². The summed E-state index contributed by atoms with van der Waals surface area (Å²) in [5.74, 6) is 1.17. The van der Waals surface area contributed by atoms with Gasteiger partial charge in [-0.25, -0.2) is 0 Å². The third kappa shape index (κ3) is 6.78. The van der Waals surface area contributed by atoms with Crippen LogP contribution in [0.5, 0.6) is 11.5 Å². The predicted molar refractivity (Wildman–Crippen MR) is 110 cm³/mol. The van der Waals surface area contributed by atoms with Crippen LogP contribution in [0.2, 0.25) is 5.02 Å². The highest BCUT2D eigenvalue weighted by Crippen LogP contribution is 2.36. The molecule has 2 rings (SSSR count). The number of methoxy groups -OCH3 is 1. The molecule has 0 aliphatic heterocycles.